The minimum absolute atomic E-state index is 0. The maximum Gasteiger partial charge on any atom is 1.00 e. The molecule has 0 bridgehead atoms. The average molecular weight is 515 g/mol. The van der Waals surface area contributed by atoms with E-state index >= 15 is 0 Å². The summed E-state index contributed by atoms with van der Waals surface area (Å²) in [5.74, 6) is 2.18. The molecule has 10 heteroatoms. The van der Waals surface area contributed by atoms with Gasteiger partial charge in [-0.25, -0.2) is 4.39 Å². The van der Waals surface area contributed by atoms with Crippen molar-refractivity contribution in [3.63, 3.8) is 0 Å². The summed E-state index contributed by atoms with van der Waals surface area (Å²) >= 11 is 2.01. The van der Waals surface area contributed by atoms with E-state index in [0.29, 0.717) is 5.56 Å². The molecule has 1 heterocycles. The number of thioether (sulfide) groups is 1. The third-order valence-electron chi connectivity index (χ3n) is 3.94. The number of halogens is 1. The van der Waals surface area contributed by atoms with Gasteiger partial charge in [-0.05, 0) is 62.4 Å². The van der Waals surface area contributed by atoms with Gasteiger partial charge in [-0.15, -0.1) is 0 Å². The van der Waals surface area contributed by atoms with Crippen LogP contribution in [0.2, 0.25) is 0 Å². The Labute approximate surface area is 278 Å². The van der Waals surface area contributed by atoms with Gasteiger partial charge in [0.25, 0.3) is 6.47 Å². The summed E-state index contributed by atoms with van der Waals surface area (Å²) in [7, 11) is 0. The molecule has 1 radical (unpaired) electrons. The molecular weight excluding hydrogens is 488 g/mol. The molecule has 0 amide bonds. The van der Waals surface area contributed by atoms with Gasteiger partial charge in [0, 0.05) is 92.8 Å². The van der Waals surface area contributed by atoms with E-state index in [1.807, 2.05) is 36.0 Å². The summed E-state index contributed by atoms with van der Waals surface area (Å²) in [4.78, 5) is 35.4. The van der Waals surface area contributed by atoms with Gasteiger partial charge in [0.05, 0.1) is 0 Å². The van der Waals surface area contributed by atoms with Gasteiger partial charge >= 0.3 is 51.4 Å². The van der Waals surface area contributed by atoms with Crippen LogP contribution < -0.4 is 61.5 Å². The number of benzene rings is 2. The van der Waals surface area contributed by atoms with Crippen molar-refractivity contribution in [3.8, 4) is 0 Å². The van der Waals surface area contributed by atoms with Crippen LogP contribution in [-0.2, 0) is 9.68 Å². The molecule has 165 valence electrons. The first-order valence-corrected chi connectivity index (χ1v) is 9.97. The van der Waals surface area contributed by atoms with E-state index in [-0.39, 0.29) is 134 Å². The standard InChI is InChI=1S/C12H15NOS.C8H7FO.CH2O3.CH4.2K/c1-10(14)11-2-4-12(5-3-11)13-6-8-15-9-7-13;1-6(10)7-2-4-8(9)5-3-7;2-1-4-3;;;/h2-5H,6-9H2,1H3;2-5H,1H3;1,3H;1H4;;/q;;;;;+1/p-1. The van der Waals surface area contributed by atoms with Gasteiger partial charge in [-0.3, -0.25) is 14.4 Å². The maximum atomic E-state index is 12.2. The van der Waals surface area contributed by atoms with Crippen molar-refractivity contribution in [1.29, 1.82) is 0 Å². The van der Waals surface area contributed by atoms with E-state index < -0.39 is 0 Å². The van der Waals surface area contributed by atoms with E-state index in [1.165, 1.54) is 48.4 Å². The van der Waals surface area contributed by atoms with Crippen molar-refractivity contribution >= 4 is 86.9 Å². The molecule has 0 unspecified atom stereocenters. The number of Topliss-reactive ketones (excluding diaryl/α,β-unsaturated/α-hetero) is 2. The van der Waals surface area contributed by atoms with E-state index in [0.717, 1.165) is 18.7 Å². The number of carbonyl (C=O) groups is 3. The Hall–Kier alpha value is 0.563. The number of carbonyl (C=O) groups excluding carboxylic acids is 3. The zero-order chi connectivity index (χ0) is 21.6. The van der Waals surface area contributed by atoms with Gasteiger partial charge in [0.1, 0.15) is 5.82 Å². The Bertz CT molecular complexity index is 786. The molecule has 0 N–H and O–H groups in total. The summed E-state index contributed by atoms with van der Waals surface area (Å²) < 4.78 is 12.2. The van der Waals surface area contributed by atoms with Crippen molar-refractivity contribution in [2.45, 2.75) is 21.3 Å². The van der Waals surface area contributed by atoms with Crippen LogP contribution in [0.15, 0.2) is 48.5 Å². The molecule has 1 fully saturated rings. The van der Waals surface area contributed by atoms with Crippen molar-refractivity contribution in [2.75, 3.05) is 29.5 Å². The Kier molecular flexibility index (Phi) is 25.6. The van der Waals surface area contributed by atoms with E-state index in [2.05, 4.69) is 9.79 Å². The largest absolute Gasteiger partial charge is 1.00 e. The molecule has 0 saturated carbocycles. The van der Waals surface area contributed by atoms with Crippen LogP contribution >= 0.6 is 11.8 Å². The molecule has 0 aromatic heterocycles. The van der Waals surface area contributed by atoms with E-state index in [4.69, 9.17) is 10.1 Å². The van der Waals surface area contributed by atoms with Crippen molar-refractivity contribution < 1.29 is 80.3 Å². The van der Waals surface area contributed by atoms with Crippen LogP contribution in [0, 0.1) is 5.82 Å². The van der Waals surface area contributed by atoms with Crippen LogP contribution in [0.25, 0.3) is 0 Å². The first kappa shape index (κ1) is 37.1. The van der Waals surface area contributed by atoms with Crippen LogP contribution in [-0.4, -0.2) is 94.0 Å². The van der Waals surface area contributed by atoms with Gasteiger partial charge in [0.15, 0.2) is 11.6 Å². The van der Waals surface area contributed by atoms with Crippen LogP contribution in [0.3, 0.4) is 0 Å². The second-order valence-electron chi connectivity index (χ2n) is 5.96. The number of hydrogen-bond acceptors (Lipinski definition) is 7. The summed E-state index contributed by atoms with van der Waals surface area (Å²) in [5.41, 5.74) is 2.58. The summed E-state index contributed by atoms with van der Waals surface area (Å²) in [6.07, 6.45) is 0. The van der Waals surface area contributed by atoms with E-state index in [9.17, 15) is 14.0 Å². The zero-order valence-electron chi connectivity index (χ0n) is 18.3. The summed E-state index contributed by atoms with van der Waals surface area (Å²) in [6, 6.07) is 13.4. The molecule has 0 atom stereocenters. The number of ketones is 2. The molecule has 2 aromatic rings. The van der Waals surface area contributed by atoms with Gasteiger partial charge in [0.2, 0.25) is 0 Å². The molecule has 1 aliphatic rings. The minimum atomic E-state index is -0.315. The number of nitrogens with zero attached hydrogens (tertiary/aromatic N) is 1. The fourth-order valence-electron chi connectivity index (χ4n) is 2.41. The predicted molar refractivity (Wildman–Crippen MR) is 122 cm³/mol. The molecule has 2 aromatic carbocycles. The van der Waals surface area contributed by atoms with Crippen molar-refractivity contribution in [1.82, 2.24) is 0 Å². The fraction of sp³-hybridized carbons (Fsp3) is 0.318. The molecule has 0 spiro atoms. The van der Waals surface area contributed by atoms with Crippen LogP contribution in [0.1, 0.15) is 42.0 Å². The first-order chi connectivity index (χ1) is 13.9. The van der Waals surface area contributed by atoms with E-state index in [1.54, 1.807) is 6.92 Å². The Morgan fingerprint density at radius 3 is 1.69 bits per heavy atom. The number of rotatable bonds is 4. The normalized spacial score (nSPS) is 11.3. The second-order valence-corrected chi connectivity index (χ2v) is 7.18. The number of hydrogen-bond donors (Lipinski definition) is 0. The Morgan fingerprint density at radius 2 is 1.34 bits per heavy atom. The smallest absolute Gasteiger partial charge is 0.662 e. The number of anilines is 1. The first-order valence-electron chi connectivity index (χ1n) is 8.81. The predicted octanol–water partition coefficient (Wildman–Crippen LogP) is 0.165. The molecule has 1 aliphatic heterocycles. The van der Waals surface area contributed by atoms with Gasteiger partial charge in [-0.2, -0.15) is 11.8 Å². The summed E-state index contributed by atoms with van der Waals surface area (Å²) in [6.45, 7) is 5.11. The minimum Gasteiger partial charge on any atom is -0.662 e. The second kappa shape index (κ2) is 22.1. The van der Waals surface area contributed by atoms with Gasteiger partial charge in [-0.1, -0.05) is 7.43 Å². The maximum absolute atomic E-state index is 12.2. The van der Waals surface area contributed by atoms with Crippen LogP contribution in [0.5, 0.6) is 0 Å². The SMILES string of the molecule is C.CC(=O)c1ccc(F)cc1.CC(=O)c1ccc(N2CCSCC2)cc1.O=CO[O-].[K+].[K]. The molecule has 6 nitrogen and oxygen atoms in total. The van der Waals surface area contributed by atoms with Gasteiger partial charge < -0.3 is 15.0 Å². The Balaban J connectivity index is -0.000000436. The van der Waals surface area contributed by atoms with Crippen LogP contribution in [0.4, 0.5) is 10.1 Å². The third-order valence-corrected chi connectivity index (χ3v) is 4.88. The Morgan fingerprint density at radius 1 is 0.969 bits per heavy atom. The average Bonchev–Trinajstić information content (AvgIpc) is 2.75. The molecule has 32 heavy (non-hydrogen) atoms. The molecule has 3 rings (SSSR count). The summed E-state index contributed by atoms with van der Waals surface area (Å²) in [5, 5.41) is 8.43. The van der Waals surface area contributed by atoms with Crippen molar-refractivity contribution in [3.05, 3.63) is 65.5 Å². The molecule has 1 saturated heterocycles. The zero-order valence-corrected chi connectivity index (χ0v) is 25.4. The molecular formula is C22H27FK2NO5S. The quantitative estimate of drug-likeness (QED) is 0.189. The fourth-order valence-corrected chi connectivity index (χ4v) is 3.32. The van der Waals surface area contributed by atoms with Crippen molar-refractivity contribution in [2.24, 2.45) is 0 Å². The molecule has 0 aliphatic carbocycles. The monoisotopic (exact) mass is 514 g/mol. The topological polar surface area (TPSA) is 86.7 Å². The third kappa shape index (κ3) is 15.5.